The van der Waals surface area contributed by atoms with E-state index < -0.39 is 0 Å². The Morgan fingerprint density at radius 3 is 1.90 bits per heavy atom. The topological polar surface area (TPSA) is 3.24 Å². The van der Waals surface area contributed by atoms with Crippen molar-refractivity contribution in [2.75, 3.05) is 12.4 Å². The van der Waals surface area contributed by atoms with Gasteiger partial charge in [-0.1, -0.05) is 51.4 Å². The van der Waals surface area contributed by atoms with Gasteiger partial charge in [0.25, 0.3) is 0 Å². The zero-order valence-corrected chi connectivity index (χ0v) is 20.8. The lowest BCUT2D eigenvalue weighted by Gasteiger charge is -2.53. The highest BCUT2D eigenvalue weighted by atomic mass is 35.5. The number of hydrogen-bond acceptors (Lipinski definition) is 1. The van der Waals surface area contributed by atoms with Gasteiger partial charge in [-0.25, -0.2) is 0 Å². The standard InChI is InChI=1S/C29H48ClN/c30-15-16-31-28-12-6-5-11-25(28)27-18-20(13-14-29(27)31)17-26-23-9-3-1-7-21(23)19-22-8-2-4-10-24(22)26/h20-29H,1-19H2. The first-order valence-electron chi connectivity index (χ1n) is 14.6. The van der Waals surface area contributed by atoms with Crippen LogP contribution in [0, 0.1) is 47.3 Å². The fourth-order valence-corrected chi connectivity index (χ4v) is 10.9. The molecule has 6 aliphatic rings. The molecule has 1 saturated heterocycles. The van der Waals surface area contributed by atoms with Gasteiger partial charge in [-0.2, -0.15) is 0 Å². The van der Waals surface area contributed by atoms with Crippen LogP contribution in [0.25, 0.3) is 0 Å². The zero-order chi connectivity index (χ0) is 20.8. The molecule has 2 heteroatoms. The van der Waals surface area contributed by atoms with Gasteiger partial charge in [0.15, 0.2) is 0 Å². The summed E-state index contributed by atoms with van der Waals surface area (Å²) >= 11 is 6.29. The lowest BCUT2D eigenvalue weighted by atomic mass is 9.53. The Labute approximate surface area is 197 Å². The highest BCUT2D eigenvalue weighted by Gasteiger charge is 2.52. The molecule has 1 aliphatic heterocycles. The maximum Gasteiger partial charge on any atom is 0.0351 e. The summed E-state index contributed by atoms with van der Waals surface area (Å²) in [5.74, 6) is 9.48. The van der Waals surface area contributed by atoms with E-state index in [4.69, 9.17) is 11.6 Å². The summed E-state index contributed by atoms with van der Waals surface area (Å²) in [5.41, 5.74) is 0. The Morgan fingerprint density at radius 1 is 0.581 bits per heavy atom. The van der Waals surface area contributed by atoms with Gasteiger partial charge >= 0.3 is 0 Å². The van der Waals surface area contributed by atoms with E-state index in [1.807, 2.05) is 0 Å². The second-order valence-electron chi connectivity index (χ2n) is 12.9. The normalized spacial score (nSPS) is 50.2. The van der Waals surface area contributed by atoms with Crippen molar-refractivity contribution < 1.29 is 0 Å². The number of fused-ring (bicyclic) bond motifs is 5. The first-order chi connectivity index (χ1) is 15.3. The van der Waals surface area contributed by atoms with E-state index in [-0.39, 0.29) is 0 Å². The lowest BCUT2D eigenvalue weighted by molar-refractivity contribution is -0.0281. The zero-order valence-electron chi connectivity index (χ0n) is 20.0. The number of likely N-dealkylation sites (tertiary alicyclic amines) is 1. The molecule has 31 heavy (non-hydrogen) atoms. The Kier molecular flexibility index (Phi) is 6.65. The Balaban J connectivity index is 1.18. The number of hydrogen-bond donors (Lipinski definition) is 0. The number of halogens is 1. The molecule has 9 unspecified atom stereocenters. The molecule has 5 aliphatic carbocycles. The molecule has 9 atom stereocenters. The number of alkyl halides is 1. The van der Waals surface area contributed by atoms with Gasteiger partial charge < -0.3 is 0 Å². The monoisotopic (exact) mass is 445 g/mol. The third kappa shape index (κ3) is 4.05. The fraction of sp³-hybridized carbons (Fsp3) is 1.00. The van der Waals surface area contributed by atoms with E-state index in [1.54, 1.807) is 57.8 Å². The molecule has 5 saturated carbocycles. The van der Waals surface area contributed by atoms with Crippen LogP contribution in [0.5, 0.6) is 0 Å². The highest BCUT2D eigenvalue weighted by Crippen LogP contribution is 2.57. The number of rotatable bonds is 4. The van der Waals surface area contributed by atoms with Crippen LogP contribution < -0.4 is 0 Å². The average molecular weight is 446 g/mol. The van der Waals surface area contributed by atoms with Crippen LogP contribution in [0.1, 0.15) is 109 Å². The van der Waals surface area contributed by atoms with Gasteiger partial charge in [0.2, 0.25) is 0 Å². The van der Waals surface area contributed by atoms with Crippen molar-refractivity contribution in [3.8, 4) is 0 Å². The van der Waals surface area contributed by atoms with E-state index in [2.05, 4.69) is 4.90 Å². The van der Waals surface area contributed by atoms with E-state index in [0.717, 1.165) is 71.9 Å². The van der Waals surface area contributed by atoms with Crippen LogP contribution >= 0.6 is 11.6 Å². The minimum Gasteiger partial charge on any atom is -0.296 e. The molecule has 0 amide bonds. The second-order valence-corrected chi connectivity index (χ2v) is 13.3. The minimum absolute atomic E-state index is 0.837. The summed E-state index contributed by atoms with van der Waals surface area (Å²) in [6.07, 6.45) is 26.3. The first kappa shape index (κ1) is 21.8. The van der Waals surface area contributed by atoms with Gasteiger partial charge in [-0.3, -0.25) is 4.90 Å². The van der Waals surface area contributed by atoms with Gasteiger partial charge in [0.05, 0.1) is 0 Å². The Morgan fingerprint density at radius 2 is 1.19 bits per heavy atom. The van der Waals surface area contributed by atoms with Crippen molar-refractivity contribution >= 4 is 11.6 Å². The quantitative estimate of drug-likeness (QED) is 0.397. The molecular formula is C29H48ClN. The van der Waals surface area contributed by atoms with Gasteiger partial charge in [-0.15, -0.1) is 11.6 Å². The summed E-state index contributed by atoms with van der Waals surface area (Å²) < 4.78 is 0. The van der Waals surface area contributed by atoms with Crippen molar-refractivity contribution in [3.63, 3.8) is 0 Å². The molecule has 0 bridgehead atoms. The van der Waals surface area contributed by atoms with Gasteiger partial charge in [0.1, 0.15) is 0 Å². The summed E-state index contributed by atoms with van der Waals surface area (Å²) in [7, 11) is 0. The van der Waals surface area contributed by atoms with Crippen molar-refractivity contribution in [2.24, 2.45) is 47.3 Å². The van der Waals surface area contributed by atoms with E-state index in [0.29, 0.717) is 0 Å². The largest absolute Gasteiger partial charge is 0.296 e. The predicted octanol–water partition coefficient (Wildman–Crippen LogP) is 7.91. The van der Waals surface area contributed by atoms with Gasteiger partial charge in [-0.05, 0) is 105 Å². The molecule has 0 aromatic carbocycles. The van der Waals surface area contributed by atoms with Crippen LogP contribution in [-0.4, -0.2) is 29.4 Å². The Bertz CT molecular complexity index is 584. The van der Waals surface area contributed by atoms with Crippen LogP contribution in [0.2, 0.25) is 0 Å². The maximum absolute atomic E-state index is 6.29. The SMILES string of the molecule is ClCCN1C2CCCCC2C2CC(CC3C4CCCCC4CC4CCCCC43)CCC21. The molecule has 1 nitrogen and oxygen atoms in total. The van der Waals surface area contributed by atoms with Crippen molar-refractivity contribution in [2.45, 2.75) is 121 Å². The highest BCUT2D eigenvalue weighted by molar-refractivity contribution is 6.18. The van der Waals surface area contributed by atoms with Gasteiger partial charge in [0, 0.05) is 24.5 Å². The van der Waals surface area contributed by atoms with E-state index >= 15 is 0 Å². The lowest BCUT2D eigenvalue weighted by Crippen LogP contribution is -2.45. The van der Waals surface area contributed by atoms with Crippen LogP contribution in [-0.2, 0) is 0 Å². The van der Waals surface area contributed by atoms with Crippen LogP contribution in [0.4, 0.5) is 0 Å². The summed E-state index contributed by atoms with van der Waals surface area (Å²) in [6.45, 7) is 1.16. The molecule has 176 valence electrons. The van der Waals surface area contributed by atoms with Crippen molar-refractivity contribution in [1.82, 2.24) is 4.90 Å². The maximum atomic E-state index is 6.29. The molecule has 0 N–H and O–H groups in total. The third-order valence-corrected chi connectivity index (χ3v) is 11.9. The molecule has 0 aromatic rings. The summed E-state index contributed by atoms with van der Waals surface area (Å²) in [6, 6.07) is 1.78. The fourth-order valence-electron chi connectivity index (χ4n) is 10.7. The first-order valence-corrected chi connectivity index (χ1v) is 15.2. The molecule has 0 aromatic heterocycles. The minimum atomic E-state index is 0.837. The van der Waals surface area contributed by atoms with E-state index in [1.165, 1.54) is 51.4 Å². The third-order valence-electron chi connectivity index (χ3n) is 11.7. The molecular weight excluding hydrogens is 398 g/mol. The molecule has 0 radical (unpaired) electrons. The molecule has 6 rings (SSSR count). The Hall–Kier alpha value is 0.250. The van der Waals surface area contributed by atoms with Crippen LogP contribution in [0.3, 0.4) is 0 Å². The molecule has 1 heterocycles. The van der Waals surface area contributed by atoms with Crippen LogP contribution in [0.15, 0.2) is 0 Å². The summed E-state index contributed by atoms with van der Waals surface area (Å²) in [4.78, 5) is 2.92. The summed E-state index contributed by atoms with van der Waals surface area (Å²) in [5, 5.41) is 0. The second kappa shape index (κ2) is 9.48. The average Bonchev–Trinajstić information content (AvgIpc) is 3.12. The van der Waals surface area contributed by atoms with Crippen molar-refractivity contribution in [3.05, 3.63) is 0 Å². The number of nitrogens with zero attached hydrogens (tertiary/aromatic N) is 1. The molecule has 0 spiro atoms. The molecule has 6 fully saturated rings. The smallest absolute Gasteiger partial charge is 0.0351 e. The van der Waals surface area contributed by atoms with Crippen molar-refractivity contribution in [1.29, 1.82) is 0 Å². The predicted molar refractivity (Wildman–Crippen MR) is 131 cm³/mol. The van der Waals surface area contributed by atoms with E-state index in [9.17, 15) is 0 Å².